The van der Waals surface area contributed by atoms with Gasteiger partial charge in [0.15, 0.2) is 5.75 Å². The number of aryl methyl sites for hydroxylation is 1. The molecule has 2 rings (SSSR count). The summed E-state index contributed by atoms with van der Waals surface area (Å²) in [6.07, 6.45) is 2.25. The molecular weight excluding hydrogens is 272 g/mol. The molecule has 0 saturated heterocycles. The lowest BCUT2D eigenvalue weighted by molar-refractivity contribution is 0.120. The van der Waals surface area contributed by atoms with Gasteiger partial charge in [0.1, 0.15) is 0 Å². The molecule has 3 atom stereocenters. The van der Waals surface area contributed by atoms with Gasteiger partial charge in [0, 0.05) is 24.3 Å². The highest BCUT2D eigenvalue weighted by atomic mass is 16.5. The second-order valence-corrected chi connectivity index (χ2v) is 7.54. The van der Waals surface area contributed by atoms with Crippen LogP contribution in [0, 0.1) is 18.8 Å². The third-order valence-electron chi connectivity index (χ3n) is 5.17. The molecule has 0 aliphatic carbocycles. The number of anilines is 1. The van der Waals surface area contributed by atoms with E-state index < -0.39 is 0 Å². The van der Waals surface area contributed by atoms with E-state index in [0.717, 1.165) is 18.0 Å². The summed E-state index contributed by atoms with van der Waals surface area (Å²) in [5.74, 6) is 2.55. The van der Waals surface area contributed by atoms with Gasteiger partial charge in [-0.05, 0) is 45.4 Å². The highest BCUT2D eigenvalue weighted by Gasteiger charge is 2.32. The second kappa shape index (κ2) is 6.47. The fourth-order valence-electron chi connectivity index (χ4n) is 3.24. The molecule has 0 bridgehead atoms. The SMILES string of the molecule is Cc1ncc(C(C)C)c2c1O[C@@H](C)[C@@H](C)[C@@H](C)CN2C(C)C. The highest BCUT2D eigenvalue weighted by Crippen LogP contribution is 2.42. The summed E-state index contributed by atoms with van der Waals surface area (Å²) >= 11 is 0. The molecule has 0 aromatic carbocycles. The van der Waals surface area contributed by atoms with Gasteiger partial charge in [-0.25, -0.2) is 0 Å². The normalized spacial score (nSPS) is 25.7. The van der Waals surface area contributed by atoms with Crippen molar-refractivity contribution in [1.29, 1.82) is 0 Å². The van der Waals surface area contributed by atoms with E-state index in [1.54, 1.807) is 0 Å². The Morgan fingerprint density at radius 3 is 2.36 bits per heavy atom. The number of pyridine rings is 1. The minimum absolute atomic E-state index is 0.214. The number of nitrogens with zero attached hydrogens (tertiary/aromatic N) is 2. The van der Waals surface area contributed by atoms with Crippen molar-refractivity contribution in [2.75, 3.05) is 11.4 Å². The van der Waals surface area contributed by atoms with Crippen LogP contribution >= 0.6 is 0 Å². The predicted molar refractivity (Wildman–Crippen MR) is 94.0 cm³/mol. The van der Waals surface area contributed by atoms with Crippen molar-refractivity contribution in [3.63, 3.8) is 0 Å². The lowest BCUT2D eigenvalue weighted by atomic mass is 9.88. The monoisotopic (exact) mass is 304 g/mol. The maximum Gasteiger partial charge on any atom is 0.164 e. The molecule has 1 aromatic heterocycles. The molecular formula is C19H32N2O. The van der Waals surface area contributed by atoms with E-state index in [1.807, 2.05) is 6.20 Å². The Labute approximate surface area is 136 Å². The minimum Gasteiger partial charge on any atom is -0.486 e. The van der Waals surface area contributed by atoms with E-state index in [9.17, 15) is 0 Å². The van der Waals surface area contributed by atoms with Gasteiger partial charge in [-0.15, -0.1) is 0 Å². The van der Waals surface area contributed by atoms with Gasteiger partial charge >= 0.3 is 0 Å². The molecule has 0 spiro atoms. The van der Waals surface area contributed by atoms with Gasteiger partial charge in [-0.2, -0.15) is 0 Å². The third kappa shape index (κ3) is 3.09. The van der Waals surface area contributed by atoms with Gasteiger partial charge in [0.25, 0.3) is 0 Å². The Bertz CT molecular complexity index is 524. The van der Waals surface area contributed by atoms with Crippen LogP contribution in [0.15, 0.2) is 6.20 Å². The second-order valence-electron chi connectivity index (χ2n) is 7.54. The molecule has 3 heteroatoms. The number of hydrogen-bond donors (Lipinski definition) is 0. The van der Waals surface area contributed by atoms with Gasteiger partial charge in [0.05, 0.1) is 17.5 Å². The van der Waals surface area contributed by atoms with Crippen LogP contribution in [0.5, 0.6) is 5.75 Å². The maximum absolute atomic E-state index is 6.42. The van der Waals surface area contributed by atoms with Crippen molar-refractivity contribution < 1.29 is 4.74 Å². The molecule has 0 amide bonds. The molecule has 0 radical (unpaired) electrons. The standard InChI is InChI=1S/C19H32N2O/c1-11(2)17-9-20-15(7)19-18(17)21(12(3)4)10-13(5)14(6)16(8)22-19/h9,11-14,16H,10H2,1-8H3/t13-,14-,16-/m0/s1. The van der Waals surface area contributed by atoms with Crippen molar-refractivity contribution in [3.05, 3.63) is 17.5 Å². The molecule has 3 nitrogen and oxygen atoms in total. The number of rotatable bonds is 2. The van der Waals surface area contributed by atoms with Gasteiger partial charge < -0.3 is 9.64 Å². The molecule has 0 fully saturated rings. The molecule has 0 unspecified atom stereocenters. The van der Waals surface area contributed by atoms with E-state index in [0.29, 0.717) is 23.8 Å². The van der Waals surface area contributed by atoms with E-state index in [-0.39, 0.29) is 6.10 Å². The topological polar surface area (TPSA) is 25.4 Å². The molecule has 0 N–H and O–H groups in total. The number of fused-ring (bicyclic) bond motifs is 1. The Hall–Kier alpha value is -1.25. The van der Waals surface area contributed by atoms with Crippen LogP contribution in [-0.2, 0) is 0 Å². The van der Waals surface area contributed by atoms with Crippen LogP contribution in [-0.4, -0.2) is 23.7 Å². The first-order chi connectivity index (χ1) is 10.2. The molecule has 1 aliphatic rings. The van der Waals surface area contributed by atoms with Crippen LogP contribution in [0.3, 0.4) is 0 Å². The average Bonchev–Trinajstić information content (AvgIpc) is 2.44. The summed E-state index contributed by atoms with van der Waals surface area (Å²) in [4.78, 5) is 7.13. The highest BCUT2D eigenvalue weighted by molar-refractivity contribution is 5.66. The van der Waals surface area contributed by atoms with Crippen LogP contribution in [0.25, 0.3) is 0 Å². The minimum atomic E-state index is 0.214. The first-order valence-corrected chi connectivity index (χ1v) is 8.66. The zero-order valence-corrected chi connectivity index (χ0v) is 15.5. The Balaban J connectivity index is 2.66. The van der Waals surface area contributed by atoms with E-state index in [1.165, 1.54) is 11.3 Å². The fourth-order valence-corrected chi connectivity index (χ4v) is 3.24. The van der Waals surface area contributed by atoms with Crippen molar-refractivity contribution in [3.8, 4) is 5.75 Å². The lowest BCUT2D eigenvalue weighted by Crippen LogP contribution is -2.42. The van der Waals surface area contributed by atoms with Crippen LogP contribution in [0.4, 0.5) is 5.69 Å². The van der Waals surface area contributed by atoms with Gasteiger partial charge in [-0.3, -0.25) is 4.98 Å². The zero-order valence-electron chi connectivity index (χ0n) is 15.5. The summed E-state index contributed by atoms with van der Waals surface area (Å²) in [6, 6.07) is 0.449. The van der Waals surface area contributed by atoms with Crippen molar-refractivity contribution in [2.24, 2.45) is 11.8 Å². The lowest BCUT2D eigenvalue weighted by Gasteiger charge is -2.41. The third-order valence-corrected chi connectivity index (χ3v) is 5.17. The predicted octanol–water partition coefficient (Wildman–Crippen LogP) is 4.78. The summed E-state index contributed by atoms with van der Waals surface area (Å²) in [5.41, 5.74) is 3.56. The van der Waals surface area contributed by atoms with Crippen molar-refractivity contribution >= 4 is 5.69 Å². The average molecular weight is 304 g/mol. The molecule has 0 saturated carbocycles. The van der Waals surface area contributed by atoms with E-state index in [4.69, 9.17) is 4.74 Å². The van der Waals surface area contributed by atoms with Crippen molar-refractivity contribution in [2.45, 2.75) is 73.5 Å². The summed E-state index contributed by atoms with van der Waals surface area (Å²) < 4.78 is 6.42. The first-order valence-electron chi connectivity index (χ1n) is 8.66. The quantitative estimate of drug-likeness (QED) is 0.786. The molecule has 2 heterocycles. The van der Waals surface area contributed by atoms with Gasteiger partial charge in [0.2, 0.25) is 0 Å². The molecule has 22 heavy (non-hydrogen) atoms. The van der Waals surface area contributed by atoms with Gasteiger partial charge in [-0.1, -0.05) is 27.7 Å². The van der Waals surface area contributed by atoms with E-state index in [2.05, 4.69) is 65.3 Å². The van der Waals surface area contributed by atoms with Crippen LogP contribution in [0.1, 0.15) is 65.6 Å². The van der Waals surface area contributed by atoms with Crippen LogP contribution in [0.2, 0.25) is 0 Å². The Morgan fingerprint density at radius 1 is 1.18 bits per heavy atom. The Kier molecular flexibility index (Phi) is 5.03. The summed E-state index contributed by atoms with van der Waals surface area (Å²) in [6.45, 7) is 19.0. The fraction of sp³-hybridized carbons (Fsp3) is 0.737. The smallest absolute Gasteiger partial charge is 0.164 e. The summed E-state index contributed by atoms with van der Waals surface area (Å²) in [5, 5.41) is 0. The largest absolute Gasteiger partial charge is 0.486 e. The first kappa shape index (κ1) is 17.1. The number of hydrogen-bond acceptors (Lipinski definition) is 3. The zero-order chi connectivity index (χ0) is 16.6. The molecule has 1 aliphatic heterocycles. The number of ether oxygens (including phenoxy) is 1. The maximum atomic E-state index is 6.42. The van der Waals surface area contributed by atoms with Crippen molar-refractivity contribution in [1.82, 2.24) is 4.98 Å². The summed E-state index contributed by atoms with van der Waals surface area (Å²) in [7, 11) is 0. The Morgan fingerprint density at radius 2 is 1.82 bits per heavy atom. The number of aromatic nitrogens is 1. The van der Waals surface area contributed by atoms with Crippen LogP contribution < -0.4 is 9.64 Å². The molecule has 124 valence electrons. The molecule has 1 aromatic rings. The van der Waals surface area contributed by atoms with E-state index >= 15 is 0 Å².